The maximum Gasteiger partial charge on any atom is 0.0890 e. The lowest BCUT2D eigenvalue weighted by Crippen LogP contribution is -2.38. The van der Waals surface area contributed by atoms with Gasteiger partial charge in [0.1, 0.15) is 0 Å². The van der Waals surface area contributed by atoms with Gasteiger partial charge in [0.2, 0.25) is 0 Å². The van der Waals surface area contributed by atoms with Crippen LogP contribution in [0.2, 0.25) is 0 Å². The summed E-state index contributed by atoms with van der Waals surface area (Å²) in [6.45, 7) is 9.56. The van der Waals surface area contributed by atoms with Gasteiger partial charge >= 0.3 is 0 Å². The highest BCUT2D eigenvalue weighted by Crippen LogP contribution is 2.69. The Morgan fingerprint density at radius 1 is 0.789 bits per heavy atom. The number of fused-ring (bicyclic) bond motifs is 6. The lowest BCUT2D eigenvalue weighted by molar-refractivity contribution is 0.168. The third-order valence-corrected chi connectivity index (χ3v) is 6.50. The van der Waals surface area contributed by atoms with Crippen molar-refractivity contribution >= 4 is 11.0 Å². The molecule has 0 amide bonds. The van der Waals surface area contributed by atoms with Crippen molar-refractivity contribution in [2.45, 2.75) is 51.4 Å². The Hall–Kier alpha value is -1.44. The van der Waals surface area contributed by atoms with Crippen molar-refractivity contribution in [1.82, 2.24) is 9.97 Å². The van der Waals surface area contributed by atoms with Crippen LogP contribution >= 0.6 is 0 Å². The van der Waals surface area contributed by atoms with Crippen LogP contribution in [0, 0.1) is 5.41 Å². The summed E-state index contributed by atoms with van der Waals surface area (Å²) in [5, 5.41) is 0. The zero-order valence-electron chi connectivity index (χ0n) is 12.1. The van der Waals surface area contributed by atoms with E-state index < -0.39 is 0 Å². The summed E-state index contributed by atoms with van der Waals surface area (Å²) < 4.78 is 0. The van der Waals surface area contributed by atoms with E-state index in [1.807, 2.05) is 12.1 Å². The molecule has 2 aliphatic carbocycles. The highest BCUT2D eigenvalue weighted by Gasteiger charge is 2.67. The van der Waals surface area contributed by atoms with E-state index in [4.69, 9.17) is 9.97 Å². The Labute approximate surface area is 114 Å². The molecule has 0 radical (unpaired) electrons. The molecule has 1 heterocycles. The Morgan fingerprint density at radius 3 is 1.63 bits per heavy atom. The first-order chi connectivity index (χ1) is 8.90. The molecule has 0 aliphatic heterocycles. The molecule has 2 atom stereocenters. The fourth-order valence-electron chi connectivity index (χ4n) is 4.33. The average molecular weight is 252 g/mol. The van der Waals surface area contributed by atoms with Crippen LogP contribution in [0.25, 0.3) is 11.0 Å². The van der Waals surface area contributed by atoms with E-state index in [0.717, 1.165) is 11.0 Å². The second kappa shape index (κ2) is 3.00. The molecular weight excluding hydrogens is 232 g/mol. The quantitative estimate of drug-likeness (QED) is 0.708. The van der Waals surface area contributed by atoms with Gasteiger partial charge in [0, 0.05) is 10.8 Å². The molecule has 98 valence electrons. The normalized spacial score (nSPS) is 34.7. The first-order valence-corrected chi connectivity index (χ1v) is 7.18. The first kappa shape index (κ1) is 11.4. The van der Waals surface area contributed by atoms with Crippen molar-refractivity contribution in [1.29, 1.82) is 0 Å². The summed E-state index contributed by atoms with van der Waals surface area (Å²) in [7, 11) is 0. The summed E-state index contributed by atoms with van der Waals surface area (Å²) in [4.78, 5) is 9.98. The zero-order chi connectivity index (χ0) is 13.5. The topological polar surface area (TPSA) is 25.8 Å². The molecular formula is C17H20N2. The highest BCUT2D eigenvalue weighted by atomic mass is 14.9. The fourth-order valence-corrected chi connectivity index (χ4v) is 4.33. The molecule has 2 nitrogen and oxygen atoms in total. The number of aromatic nitrogens is 2. The predicted molar refractivity (Wildman–Crippen MR) is 77.3 cm³/mol. The zero-order valence-corrected chi connectivity index (χ0v) is 12.1. The third kappa shape index (κ3) is 1.02. The SMILES string of the molecule is CC1(C)[C@@]2(C)CC[C@@]1(C)c1nc3ccccc3nc12. The van der Waals surface area contributed by atoms with E-state index in [2.05, 4.69) is 39.8 Å². The number of hydrogen-bond donors (Lipinski definition) is 0. The molecule has 1 fully saturated rings. The van der Waals surface area contributed by atoms with Gasteiger partial charge in [-0.2, -0.15) is 0 Å². The van der Waals surface area contributed by atoms with Crippen LogP contribution in [0.4, 0.5) is 0 Å². The molecule has 4 rings (SSSR count). The standard InChI is InChI=1S/C17H20N2/c1-15(2)16(3)9-10-17(15,4)14-13(16)18-11-7-5-6-8-12(11)19-14/h5-8H,9-10H2,1-4H3/t16-,17-/m0/s1. The molecule has 2 heteroatoms. The molecule has 2 bridgehead atoms. The number of hydrogen-bond acceptors (Lipinski definition) is 2. The Kier molecular flexibility index (Phi) is 1.80. The van der Waals surface area contributed by atoms with E-state index in [-0.39, 0.29) is 16.2 Å². The van der Waals surface area contributed by atoms with Crippen LogP contribution in [0.3, 0.4) is 0 Å². The average Bonchev–Trinajstić information content (AvgIpc) is 2.65. The summed E-state index contributed by atoms with van der Waals surface area (Å²) in [5.74, 6) is 0. The number of nitrogens with zero attached hydrogens (tertiary/aromatic N) is 2. The van der Waals surface area contributed by atoms with Gasteiger partial charge in [-0.25, -0.2) is 9.97 Å². The van der Waals surface area contributed by atoms with Crippen molar-refractivity contribution in [3.8, 4) is 0 Å². The molecule has 0 spiro atoms. The molecule has 1 aromatic carbocycles. The van der Waals surface area contributed by atoms with Gasteiger partial charge in [0.25, 0.3) is 0 Å². The highest BCUT2D eigenvalue weighted by molar-refractivity contribution is 5.75. The van der Waals surface area contributed by atoms with Crippen molar-refractivity contribution in [2.24, 2.45) is 5.41 Å². The summed E-state index contributed by atoms with van der Waals surface area (Å²) in [6, 6.07) is 8.25. The molecule has 19 heavy (non-hydrogen) atoms. The van der Waals surface area contributed by atoms with Crippen molar-refractivity contribution in [2.75, 3.05) is 0 Å². The Morgan fingerprint density at radius 2 is 1.21 bits per heavy atom. The van der Waals surface area contributed by atoms with Gasteiger partial charge in [-0.05, 0) is 30.4 Å². The third-order valence-electron chi connectivity index (χ3n) is 6.50. The van der Waals surface area contributed by atoms with Crippen LogP contribution in [0.5, 0.6) is 0 Å². The van der Waals surface area contributed by atoms with Crippen LogP contribution in [0.15, 0.2) is 24.3 Å². The molecule has 0 unspecified atom stereocenters. The molecule has 0 saturated heterocycles. The van der Waals surface area contributed by atoms with Gasteiger partial charge in [-0.15, -0.1) is 0 Å². The van der Waals surface area contributed by atoms with E-state index >= 15 is 0 Å². The van der Waals surface area contributed by atoms with Crippen molar-refractivity contribution in [3.05, 3.63) is 35.7 Å². The van der Waals surface area contributed by atoms with Gasteiger partial charge in [0.15, 0.2) is 0 Å². The van der Waals surface area contributed by atoms with Crippen molar-refractivity contribution in [3.63, 3.8) is 0 Å². The van der Waals surface area contributed by atoms with Gasteiger partial charge < -0.3 is 0 Å². The van der Waals surface area contributed by atoms with Gasteiger partial charge in [-0.1, -0.05) is 39.8 Å². The maximum absolute atomic E-state index is 4.99. The van der Waals surface area contributed by atoms with E-state index in [1.165, 1.54) is 24.2 Å². The fraction of sp³-hybridized carbons (Fsp3) is 0.529. The number of rotatable bonds is 0. The van der Waals surface area contributed by atoms with Crippen LogP contribution in [-0.4, -0.2) is 9.97 Å². The Balaban J connectivity index is 2.13. The smallest absolute Gasteiger partial charge is 0.0890 e. The van der Waals surface area contributed by atoms with E-state index in [1.54, 1.807) is 0 Å². The minimum absolute atomic E-state index is 0.175. The second-order valence-electron chi connectivity index (χ2n) is 7.20. The minimum atomic E-state index is 0.175. The lowest BCUT2D eigenvalue weighted by Gasteiger charge is -2.38. The summed E-state index contributed by atoms with van der Waals surface area (Å²) >= 11 is 0. The van der Waals surface area contributed by atoms with Gasteiger partial charge in [-0.3, -0.25) is 0 Å². The molecule has 1 saturated carbocycles. The monoisotopic (exact) mass is 252 g/mol. The van der Waals surface area contributed by atoms with Crippen LogP contribution < -0.4 is 0 Å². The number of para-hydroxylation sites is 2. The molecule has 1 aromatic heterocycles. The number of benzene rings is 1. The van der Waals surface area contributed by atoms with Crippen LogP contribution in [0.1, 0.15) is 51.9 Å². The molecule has 0 N–H and O–H groups in total. The lowest BCUT2D eigenvalue weighted by atomic mass is 9.65. The summed E-state index contributed by atoms with van der Waals surface area (Å²) in [6.07, 6.45) is 2.47. The Bertz CT molecular complexity index is 645. The minimum Gasteiger partial charge on any atom is -0.249 e. The summed E-state index contributed by atoms with van der Waals surface area (Å²) in [5.41, 5.74) is 5.17. The first-order valence-electron chi connectivity index (χ1n) is 7.18. The maximum atomic E-state index is 4.99. The van der Waals surface area contributed by atoms with E-state index in [0.29, 0.717) is 0 Å². The van der Waals surface area contributed by atoms with Gasteiger partial charge in [0.05, 0.1) is 22.4 Å². The predicted octanol–water partition coefficient (Wildman–Crippen LogP) is 3.98. The van der Waals surface area contributed by atoms with E-state index in [9.17, 15) is 0 Å². The second-order valence-corrected chi connectivity index (χ2v) is 7.20. The largest absolute Gasteiger partial charge is 0.249 e. The molecule has 2 aromatic rings. The van der Waals surface area contributed by atoms with Crippen LogP contribution in [-0.2, 0) is 10.8 Å². The molecule has 2 aliphatic rings. The van der Waals surface area contributed by atoms with Crippen molar-refractivity contribution < 1.29 is 0 Å².